The van der Waals surface area contributed by atoms with E-state index in [0.29, 0.717) is 6.42 Å². The van der Waals surface area contributed by atoms with Gasteiger partial charge in [-0.2, -0.15) is 5.26 Å². The third-order valence-electron chi connectivity index (χ3n) is 2.12. The molecule has 0 spiro atoms. The minimum absolute atomic E-state index is 0.145. The summed E-state index contributed by atoms with van der Waals surface area (Å²) in [6.45, 7) is 0. The Hall–Kier alpha value is -1.31. The molecule has 1 aromatic rings. The molecule has 0 amide bonds. The second-order valence-electron chi connectivity index (χ2n) is 3.21. The van der Waals surface area contributed by atoms with E-state index in [2.05, 4.69) is 27.5 Å². The first kappa shape index (κ1) is 10.2. The van der Waals surface area contributed by atoms with Crippen molar-refractivity contribution in [1.29, 1.82) is 5.26 Å². The second kappa shape index (κ2) is 4.47. The van der Waals surface area contributed by atoms with Crippen LogP contribution in [-0.4, -0.2) is 6.10 Å². The summed E-state index contributed by atoms with van der Waals surface area (Å²) in [7, 11) is 0. The smallest absolute Gasteiger partial charge is 0.119 e. The van der Waals surface area contributed by atoms with Gasteiger partial charge < -0.3 is 0 Å². The van der Waals surface area contributed by atoms with Crippen molar-refractivity contribution in [1.82, 2.24) is 5.48 Å². The Bertz CT molecular complexity index is 419. The lowest BCUT2D eigenvalue weighted by molar-refractivity contribution is 0.0544. The molecule has 1 aliphatic rings. The number of nitrogens with zero attached hydrogens (tertiary/aromatic N) is 1. The molecule has 1 heterocycles. The Morgan fingerprint density at radius 1 is 1.40 bits per heavy atom. The van der Waals surface area contributed by atoms with Gasteiger partial charge in [-0.1, -0.05) is 28.1 Å². The normalized spacial score (nSPS) is 19.2. The number of hydrogen-bond acceptors (Lipinski definition) is 3. The Morgan fingerprint density at radius 3 is 2.80 bits per heavy atom. The number of hydroxylamine groups is 1. The summed E-state index contributed by atoms with van der Waals surface area (Å²) in [6, 6.07) is 9.98. The van der Waals surface area contributed by atoms with Crippen molar-refractivity contribution in [2.75, 3.05) is 0 Å². The van der Waals surface area contributed by atoms with Crippen molar-refractivity contribution >= 4 is 21.6 Å². The van der Waals surface area contributed by atoms with E-state index in [4.69, 9.17) is 10.1 Å². The monoisotopic (exact) mass is 264 g/mol. The second-order valence-corrected chi connectivity index (χ2v) is 4.12. The Morgan fingerprint density at radius 2 is 2.13 bits per heavy atom. The summed E-state index contributed by atoms with van der Waals surface area (Å²) < 4.78 is 1.04. The van der Waals surface area contributed by atoms with E-state index in [1.165, 1.54) is 0 Å². The predicted octanol–water partition coefficient (Wildman–Crippen LogP) is 2.61. The number of halogens is 1. The van der Waals surface area contributed by atoms with E-state index in [-0.39, 0.29) is 6.10 Å². The molecule has 1 unspecified atom stereocenters. The Balaban J connectivity index is 2.16. The number of benzene rings is 1. The van der Waals surface area contributed by atoms with Crippen LogP contribution >= 0.6 is 15.9 Å². The van der Waals surface area contributed by atoms with Gasteiger partial charge in [0.15, 0.2) is 0 Å². The molecule has 0 radical (unpaired) electrons. The summed E-state index contributed by atoms with van der Waals surface area (Å²) in [5.41, 5.74) is 4.80. The number of nitrogens with one attached hydrogen (secondary N) is 1. The fourth-order valence-corrected chi connectivity index (χ4v) is 1.63. The van der Waals surface area contributed by atoms with Gasteiger partial charge in [-0.3, -0.25) is 10.3 Å². The molecular weight excluding hydrogens is 256 g/mol. The topological polar surface area (TPSA) is 45.0 Å². The SMILES string of the molecule is N#CCC1C=C(c2ccc(Br)cc2)NO1. The van der Waals surface area contributed by atoms with E-state index in [1.807, 2.05) is 30.3 Å². The van der Waals surface area contributed by atoms with Gasteiger partial charge in [0, 0.05) is 4.47 Å². The average Bonchev–Trinajstić information content (AvgIpc) is 2.68. The van der Waals surface area contributed by atoms with Crippen molar-refractivity contribution < 1.29 is 4.84 Å². The van der Waals surface area contributed by atoms with Crippen LogP contribution in [0.15, 0.2) is 34.8 Å². The Kier molecular flexibility index (Phi) is 3.05. The fraction of sp³-hybridized carbons (Fsp3) is 0.182. The fourth-order valence-electron chi connectivity index (χ4n) is 1.37. The van der Waals surface area contributed by atoms with Crippen LogP contribution in [0.4, 0.5) is 0 Å². The van der Waals surface area contributed by atoms with Crippen molar-refractivity contribution in [3.8, 4) is 6.07 Å². The zero-order valence-electron chi connectivity index (χ0n) is 7.90. The first-order chi connectivity index (χ1) is 7.29. The molecule has 0 aromatic heterocycles. The zero-order chi connectivity index (χ0) is 10.7. The van der Waals surface area contributed by atoms with Crippen LogP contribution in [0.25, 0.3) is 5.70 Å². The van der Waals surface area contributed by atoms with Crippen molar-refractivity contribution in [2.45, 2.75) is 12.5 Å². The van der Waals surface area contributed by atoms with Gasteiger partial charge >= 0.3 is 0 Å². The minimum Gasteiger partial charge on any atom is -0.267 e. The highest BCUT2D eigenvalue weighted by atomic mass is 79.9. The van der Waals surface area contributed by atoms with Gasteiger partial charge in [0.1, 0.15) is 6.10 Å². The molecule has 0 bridgehead atoms. The van der Waals surface area contributed by atoms with Crippen LogP contribution in [-0.2, 0) is 4.84 Å². The molecule has 1 N–H and O–H groups in total. The van der Waals surface area contributed by atoms with Crippen LogP contribution in [0.5, 0.6) is 0 Å². The molecule has 1 atom stereocenters. The minimum atomic E-state index is -0.145. The standard InChI is InChI=1S/C11H9BrN2O/c12-9-3-1-8(2-4-9)11-7-10(5-6-13)15-14-11/h1-4,7,10,14H,5H2. The summed E-state index contributed by atoms with van der Waals surface area (Å²) in [5, 5.41) is 8.53. The van der Waals surface area contributed by atoms with Crippen LogP contribution in [0.1, 0.15) is 12.0 Å². The molecule has 15 heavy (non-hydrogen) atoms. The lowest BCUT2D eigenvalue weighted by atomic mass is 10.1. The summed E-state index contributed by atoms with van der Waals surface area (Å²) in [6.07, 6.45) is 2.15. The van der Waals surface area contributed by atoms with Crippen LogP contribution < -0.4 is 5.48 Å². The highest BCUT2D eigenvalue weighted by Crippen LogP contribution is 2.21. The van der Waals surface area contributed by atoms with E-state index < -0.39 is 0 Å². The maximum Gasteiger partial charge on any atom is 0.119 e. The van der Waals surface area contributed by atoms with Gasteiger partial charge in [0.05, 0.1) is 18.2 Å². The molecular formula is C11H9BrN2O. The summed E-state index contributed by atoms with van der Waals surface area (Å²) in [4.78, 5) is 5.21. The van der Waals surface area contributed by atoms with Crippen molar-refractivity contribution in [3.63, 3.8) is 0 Å². The van der Waals surface area contributed by atoms with Gasteiger partial charge in [-0.15, -0.1) is 0 Å². The number of hydrogen-bond donors (Lipinski definition) is 1. The van der Waals surface area contributed by atoms with Crippen LogP contribution in [0.3, 0.4) is 0 Å². The predicted molar refractivity (Wildman–Crippen MR) is 60.4 cm³/mol. The first-order valence-corrected chi connectivity index (χ1v) is 5.35. The summed E-state index contributed by atoms with van der Waals surface area (Å²) in [5.74, 6) is 0. The molecule has 1 aliphatic heterocycles. The quantitative estimate of drug-likeness (QED) is 0.893. The largest absolute Gasteiger partial charge is 0.267 e. The van der Waals surface area contributed by atoms with Gasteiger partial charge in [0.2, 0.25) is 0 Å². The molecule has 76 valence electrons. The number of nitriles is 1. The van der Waals surface area contributed by atoms with E-state index in [9.17, 15) is 0 Å². The molecule has 0 saturated heterocycles. The number of rotatable bonds is 2. The summed E-state index contributed by atoms with van der Waals surface area (Å²) >= 11 is 3.38. The molecule has 0 saturated carbocycles. The highest BCUT2D eigenvalue weighted by molar-refractivity contribution is 9.10. The van der Waals surface area contributed by atoms with Crippen LogP contribution in [0, 0.1) is 11.3 Å². The van der Waals surface area contributed by atoms with Gasteiger partial charge in [-0.25, -0.2) is 0 Å². The third-order valence-corrected chi connectivity index (χ3v) is 2.65. The van der Waals surface area contributed by atoms with Crippen LogP contribution in [0.2, 0.25) is 0 Å². The van der Waals surface area contributed by atoms with E-state index >= 15 is 0 Å². The highest BCUT2D eigenvalue weighted by Gasteiger charge is 2.16. The molecule has 4 heteroatoms. The first-order valence-electron chi connectivity index (χ1n) is 4.56. The molecule has 0 aliphatic carbocycles. The molecule has 2 rings (SSSR count). The average molecular weight is 265 g/mol. The Labute approximate surface area is 96.4 Å². The van der Waals surface area contributed by atoms with Gasteiger partial charge in [-0.05, 0) is 23.8 Å². The lowest BCUT2D eigenvalue weighted by Gasteiger charge is -2.03. The van der Waals surface area contributed by atoms with Crippen molar-refractivity contribution in [2.24, 2.45) is 0 Å². The van der Waals surface area contributed by atoms with Crippen molar-refractivity contribution in [3.05, 3.63) is 40.4 Å². The lowest BCUT2D eigenvalue weighted by Crippen LogP contribution is -2.11. The van der Waals surface area contributed by atoms with E-state index in [1.54, 1.807) is 0 Å². The zero-order valence-corrected chi connectivity index (χ0v) is 9.49. The maximum atomic E-state index is 8.53. The molecule has 1 aromatic carbocycles. The third kappa shape index (κ3) is 2.38. The van der Waals surface area contributed by atoms with E-state index in [0.717, 1.165) is 15.7 Å². The molecule has 3 nitrogen and oxygen atoms in total. The van der Waals surface area contributed by atoms with Gasteiger partial charge in [0.25, 0.3) is 0 Å². The maximum absolute atomic E-state index is 8.53. The molecule has 0 fully saturated rings.